The quantitative estimate of drug-likeness (QED) is 0.845. The van der Waals surface area contributed by atoms with Crippen LogP contribution in [0.15, 0.2) is 11.6 Å². The second-order valence-corrected chi connectivity index (χ2v) is 6.30. The Morgan fingerprint density at radius 3 is 3.00 bits per heavy atom. The molecule has 0 amide bonds. The molecule has 0 radical (unpaired) electrons. The van der Waals surface area contributed by atoms with Crippen LogP contribution in [0, 0.1) is 0 Å². The van der Waals surface area contributed by atoms with Gasteiger partial charge in [-0.15, -0.1) is 11.3 Å². The van der Waals surface area contributed by atoms with Crippen molar-refractivity contribution in [1.82, 2.24) is 15.6 Å². The van der Waals surface area contributed by atoms with Crippen molar-refractivity contribution in [3.63, 3.8) is 0 Å². The zero-order chi connectivity index (χ0) is 11.6. The molecular formula is C12H21N3S. The van der Waals surface area contributed by atoms with Gasteiger partial charge in [-0.3, -0.25) is 0 Å². The minimum atomic E-state index is -0.0263. The molecule has 1 fully saturated rings. The monoisotopic (exact) mass is 239 g/mol. The molecule has 2 rings (SSSR count). The number of hydrogen-bond acceptors (Lipinski definition) is 4. The maximum absolute atomic E-state index is 4.39. The number of nitrogens with zero attached hydrogens (tertiary/aromatic N) is 1. The molecule has 1 aromatic heterocycles. The van der Waals surface area contributed by atoms with E-state index >= 15 is 0 Å². The molecule has 90 valence electrons. The molecule has 1 aliphatic rings. The summed E-state index contributed by atoms with van der Waals surface area (Å²) < 4.78 is 0. The highest BCUT2D eigenvalue weighted by Crippen LogP contribution is 2.24. The van der Waals surface area contributed by atoms with Crippen molar-refractivity contribution in [2.75, 3.05) is 13.1 Å². The van der Waals surface area contributed by atoms with Gasteiger partial charge in [-0.05, 0) is 40.2 Å². The van der Waals surface area contributed by atoms with Crippen LogP contribution in [0.25, 0.3) is 0 Å². The predicted octanol–water partition coefficient (Wildman–Crippen LogP) is 2.11. The molecule has 1 aromatic rings. The molecule has 2 heterocycles. The van der Waals surface area contributed by atoms with Gasteiger partial charge in [-0.25, -0.2) is 4.98 Å². The normalized spacial score (nSPS) is 26.2. The molecule has 0 spiro atoms. The van der Waals surface area contributed by atoms with Crippen LogP contribution in [-0.2, 0) is 5.54 Å². The van der Waals surface area contributed by atoms with Gasteiger partial charge in [0, 0.05) is 23.7 Å². The van der Waals surface area contributed by atoms with Gasteiger partial charge in [0.15, 0.2) is 0 Å². The van der Waals surface area contributed by atoms with Crippen molar-refractivity contribution < 1.29 is 0 Å². The predicted molar refractivity (Wildman–Crippen MR) is 68.8 cm³/mol. The maximum Gasteiger partial charge on any atom is 0.112 e. The summed E-state index contributed by atoms with van der Waals surface area (Å²) in [4.78, 5) is 4.39. The van der Waals surface area contributed by atoms with Crippen LogP contribution in [0.1, 0.15) is 38.6 Å². The second kappa shape index (κ2) is 4.43. The molecule has 1 atom stereocenters. The first kappa shape index (κ1) is 12.0. The van der Waals surface area contributed by atoms with Gasteiger partial charge in [-0.2, -0.15) is 0 Å². The molecule has 0 bridgehead atoms. The summed E-state index contributed by atoms with van der Waals surface area (Å²) in [5, 5.41) is 10.4. The van der Waals surface area contributed by atoms with Crippen molar-refractivity contribution in [2.45, 2.75) is 44.7 Å². The lowest BCUT2D eigenvalue weighted by atomic mass is 9.98. The van der Waals surface area contributed by atoms with Crippen LogP contribution in [0.5, 0.6) is 0 Å². The van der Waals surface area contributed by atoms with Gasteiger partial charge in [0.1, 0.15) is 5.01 Å². The van der Waals surface area contributed by atoms with E-state index < -0.39 is 0 Å². The standard InChI is InChI=1S/C12H21N3S/c1-11(2,10-13-7-8-16-10)15-9-12(3)5-4-6-14-12/h7-8,14-15H,4-6,9H2,1-3H3. The molecule has 0 aromatic carbocycles. The summed E-state index contributed by atoms with van der Waals surface area (Å²) in [6, 6.07) is 0. The molecular weight excluding hydrogens is 218 g/mol. The van der Waals surface area contributed by atoms with Crippen LogP contribution in [-0.4, -0.2) is 23.6 Å². The van der Waals surface area contributed by atoms with E-state index in [1.165, 1.54) is 12.8 Å². The van der Waals surface area contributed by atoms with Gasteiger partial charge in [0.25, 0.3) is 0 Å². The average molecular weight is 239 g/mol. The summed E-state index contributed by atoms with van der Waals surface area (Å²) in [5.74, 6) is 0. The van der Waals surface area contributed by atoms with E-state index in [9.17, 15) is 0 Å². The summed E-state index contributed by atoms with van der Waals surface area (Å²) in [6.07, 6.45) is 4.42. The number of hydrogen-bond donors (Lipinski definition) is 2. The van der Waals surface area contributed by atoms with Crippen molar-refractivity contribution in [1.29, 1.82) is 0 Å². The fourth-order valence-corrected chi connectivity index (χ4v) is 2.87. The second-order valence-electron chi connectivity index (χ2n) is 5.41. The number of rotatable bonds is 4. The Bertz CT molecular complexity index is 326. The van der Waals surface area contributed by atoms with Gasteiger partial charge >= 0.3 is 0 Å². The van der Waals surface area contributed by atoms with E-state index in [1.54, 1.807) is 11.3 Å². The van der Waals surface area contributed by atoms with Crippen molar-refractivity contribution in [2.24, 2.45) is 0 Å². The fourth-order valence-electron chi connectivity index (χ4n) is 2.13. The van der Waals surface area contributed by atoms with Gasteiger partial charge < -0.3 is 10.6 Å². The zero-order valence-electron chi connectivity index (χ0n) is 10.3. The molecule has 4 heteroatoms. The first-order valence-corrected chi connectivity index (χ1v) is 6.80. The Hall–Kier alpha value is -0.450. The number of aromatic nitrogens is 1. The fraction of sp³-hybridized carbons (Fsp3) is 0.750. The third-order valence-corrected chi connectivity index (χ3v) is 4.44. The van der Waals surface area contributed by atoms with Crippen molar-refractivity contribution in [3.8, 4) is 0 Å². The third-order valence-electron chi connectivity index (χ3n) is 3.34. The minimum Gasteiger partial charge on any atom is -0.310 e. The highest BCUT2D eigenvalue weighted by Gasteiger charge is 2.31. The number of thiazole rings is 1. The summed E-state index contributed by atoms with van der Waals surface area (Å²) in [7, 11) is 0. The van der Waals surface area contributed by atoms with Crippen LogP contribution < -0.4 is 10.6 Å². The Morgan fingerprint density at radius 1 is 1.62 bits per heavy atom. The van der Waals surface area contributed by atoms with Crippen molar-refractivity contribution >= 4 is 11.3 Å². The van der Waals surface area contributed by atoms with Crippen LogP contribution in [0.3, 0.4) is 0 Å². The molecule has 0 aliphatic carbocycles. The Labute approximate surface area is 102 Å². The van der Waals surface area contributed by atoms with Crippen molar-refractivity contribution in [3.05, 3.63) is 16.6 Å². The number of nitrogens with one attached hydrogen (secondary N) is 2. The summed E-state index contributed by atoms with van der Waals surface area (Å²) in [5.41, 5.74) is 0.232. The van der Waals surface area contributed by atoms with E-state index in [0.29, 0.717) is 0 Å². The van der Waals surface area contributed by atoms with E-state index in [-0.39, 0.29) is 11.1 Å². The zero-order valence-corrected chi connectivity index (χ0v) is 11.2. The van der Waals surface area contributed by atoms with E-state index in [0.717, 1.165) is 18.1 Å². The summed E-state index contributed by atoms with van der Waals surface area (Å²) in [6.45, 7) is 8.84. The van der Waals surface area contributed by atoms with E-state index in [2.05, 4.69) is 36.4 Å². The lowest BCUT2D eigenvalue weighted by Gasteiger charge is -2.31. The lowest BCUT2D eigenvalue weighted by Crippen LogP contribution is -2.50. The Morgan fingerprint density at radius 2 is 2.44 bits per heavy atom. The third kappa shape index (κ3) is 2.62. The molecule has 1 unspecified atom stereocenters. The molecule has 16 heavy (non-hydrogen) atoms. The highest BCUT2D eigenvalue weighted by molar-refractivity contribution is 7.09. The highest BCUT2D eigenvalue weighted by atomic mass is 32.1. The van der Waals surface area contributed by atoms with Gasteiger partial charge in [-0.1, -0.05) is 0 Å². The molecule has 1 saturated heterocycles. The topological polar surface area (TPSA) is 37.0 Å². The summed E-state index contributed by atoms with van der Waals surface area (Å²) >= 11 is 1.72. The average Bonchev–Trinajstić information content (AvgIpc) is 2.86. The van der Waals surface area contributed by atoms with E-state index in [4.69, 9.17) is 0 Å². The Balaban J connectivity index is 1.94. The molecule has 3 nitrogen and oxygen atoms in total. The lowest BCUT2D eigenvalue weighted by molar-refractivity contribution is 0.312. The van der Waals surface area contributed by atoms with Gasteiger partial charge in [0.05, 0.1) is 5.54 Å². The smallest absolute Gasteiger partial charge is 0.112 e. The maximum atomic E-state index is 4.39. The van der Waals surface area contributed by atoms with E-state index in [1.807, 2.05) is 11.6 Å². The SMILES string of the molecule is CC1(CNC(C)(C)c2nccs2)CCCN1. The van der Waals surface area contributed by atoms with Gasteiger partial charge in [0.2, 0.25) is 0 Å². The molecule has 0 saturated carbocycles. The largest absolute Gasteiger partial charge is 0.310 e. The molecule has 2 N–H and O–H groups in total. The first-order valence-electron chi connectivity index (χ1n) is 5.92. The minimum absolute atomic E-state index is 0.0263. The van der Waals surface area contributed by atoms with Crippen LogP contribution in [0.2, 0.25) is 0 Å². The van der Waals surface area contributed by atoms with Crippen LogP contribution >= 0.6 is 11.3 Å². The van der Waals surface area contributed by atoms with Crippen LogP contribution in [0.4, 0.5) is 0 Å². The first-order chi connectivity index (χ1) is 7.52. The molecule has 1 aliphatic heterocycles. The Kier molecular flexibility index (Phi) is 3.33.